The number of carbonyl (C=O) groups is 1. The highest BCUT2D eigenvalue weighted by Crippen LogP contribution is 2.57. The average Bonchev–Trinajstić information content (AvgIpc) is 3.43. The molecule has 5 atom stereocenters. The van der Waals surface area contributed by atoms with Crippen LogP contribution in [-0.4, -0.2) is 39.0 Å². The summed E-state index contributed by atoms with van der Waals surface area (Å²) >= 11 is 0. The summed E-state index contributed by atoms with van der Waals surface area (Å²) in [6.07, 6.45) is 3.12. The van der Waals surface area contributed by atoms with E-state index in [4.69, 9.17) is 18.9 Å². The Kier molecular flexibility index (Phi) is 7.08. The third-order valence-corrected chi connectivity index (χ3v) is 8.00. The van der Waals surface area contributed by atoms with Crippen molar-refractivity contribution < 1.29 is 28.8 Å². The van der Waals surface area contributed by atoms with Crippen molar-refractivity contribution >= 4 is 5.97 Å². The molecule has 1 saturated heterocycles. The Balaban J connectivity index is 1.76. The van der Waals surface area contributed by atoms with Crippen molar-refractivity contribution in [2.24, 2.45) is 23.2 Å². The summed E-state index contributed by atoms with van der Waals surface area (Å²) < 4.78 is 23.2. The van der Waals surface area contributed by atoms with Gasteiger partial charge in [0.05, 0.1) is 39.5 Å². The summed E-state index contributed by atoms with van der Waals surface area (Å²) in [6.45, 7) is 4.59. The molecule has 2 aromatic rings. The maximum absolute atomic E-state index is 12.4. The van der Waals surface area contributed by atoms with Gasteiger partial charge in [0.1, 0.15) is 0 Å². The zero-order chi connectivity index (χ0) is 24.5. The predicted molar refractivity (Wildman–Crippen MR) is 130 cm³/mol. The molecule has 184 valence electrons. The van der Waals surface area contributed by atoms with Crippen LogP contribution in [0.2, 0.25) is 0 Å². The number of ether oxygens (including phenoxy) is 4. The van der Waals surface area contributed by atoms with Crippen molar-refractivity contribution in [1.82, 2.24) is 0 Å². The Hall–Kier alpha value is -2.73. The molecule has 1 aliphatic heterocycles. The van der Waals surface area contributed by atoms with Gasteiger partial charge in [-0.05, 0) is 74.1 Å². The van der Waals surface area contributed by atoms with Crippen LogP contribution in [0, 0.1) is 30.1 Å². The lowest BCUT2D eigenvalue weighted by molar-refractivity contribution is -0.152. The van der Waals surface area contributed by atoms with Crippen molar-refractivity contribution in [1.29, 1.82) is 0 Å². The van der Waals surface area contributed by atoms with Crippen molar-refractivity contribution in [3.05, 3.63) is 53.1 Å². The van der Waals surface area contributed by atoms with E-state index in [0.29, 0.717) is 30.3 Å². The molecular weight excluding hydrogens is 432 g/mol. The van der Waals surface area contributed by atoms with E-state index in [-0.39, 0.29) is 23.9 Å². The van der Waals surface area contributed by atoms with Crippen LogP contribution in [0.15, 0.2) is 36.4 Å². The fourth-order valence-electron chi connectivity index (χ4n) is 6.12. The number of aliphatic carboxylic acids is 1. The van der Waals surface area contributed by atoms with Gasteiger partial charge in [-0.2, -0.15) is 0 Å². The molecule has 6 nitrogen and oxygen atoms in total. The quantitative estimate of drug-likeness (QED) is 0.555. The summed E-state index contributed by atoms with van der Waals surface area (Å²) in [5, 5.41) is 10.2. The highest BCUT2D eigenvalue weighted by molar-refractivity contribution is 5.75. The van der Waals surface area contributed by atoms with Gasteiger partial charge in [0.2, 0.25) is 5.75 Å². The molecule has 1 aliphatic carbocycles. The molecule has 2 aliphatic rings. The van der Waals surface area contributed by atoms with Gasteiger partial charge in [-0.15, -0.1) is 0 Å². The van der Waals surface area contributed by atoms with Crippen LogP contribution >= 0.6 is 0 Å². The largest absolute Gasteiger partial charge is 0.493 e. The average molecular weight is 469 g/mol. The van der Waals surface area contributed by atoms with Crippen LogP contribution in [0.3, 0.4) is 0 Å². The van der Waals surface area contributed by atoms with Crippen molar-refractivity contribution in [2.45, 2.75) is 45.6 Å². The Labute approximate surface area is 202 Å². The molecule has 0 spiro atoms. The topological polar surface area (TPSA) is 74.2 Å². The van der Waals surface area contributed by atoms with Crippen LogP contribution in [0.1, 0.15) is 49.0 Å². The summed E-state index contributed by atoms with van der Waals surface area (Å²) in [6, 6.07) is 12.5. The zero-order valence-corrected chi connectivity index (χ0v) is 20.8. The molecule has 6 heteroatoms. The third-order valence-electron chi connectivity index (χ3n) is 8.00. The number of hydrogen-bond acceptors (Lipinski definition) is 5. The van der Waals surface area contributed by atoms with Crippen molar-refractivity contribution in [2.75, 3.05) is 27.9 Å². The fraction of sp³-hybridized carbons (Fsp3) is 0.536. The van der Waals surface area contributed by atoms with Gasteiger partial charge in [-0.25, -0.2) is 0 Å². The highest BCUT2D eigenvalue weighted by atomic mass is 16.5. The second kappa shape index (κ2) is 9.87. The lowest BCUT2D eigenvalue weighted by atomic mass is 9.66. The molecular formula is C28H36O6. The highest BCUT2D eigenvalue weighted by Gasteiger charge is 2.54. The maximum atomic E-state index is 12.4. The van der Waals surface area contributed by atoms with E-state index in [9.17, 15) is 9.90 Å². The standard InChI is InChI=1S/C28H36O6/c1-17-8-10-18(11-9-17)13-20-16-34-25(24(20)21-7-6-12-28(21,2)27(29)30)19-14-22(31-3)26(33-5)23(15-19)32-4/h8-11,14-15,20-21,24-25H,6-7,12-13,16H2,1-5H3,(H,29,30)/t20-,21?,24-,25+,28?/m0/s1. The maximum Gasteiger partial charge on any atom is 0.309 e. The molecule has 34 heavy (non-hydrogen) atoms. The first-order chi connectivity index (χ1) is 16.3. The molecule has 0 bridgehead atoms. The minimum Gasteiger partial charge on any atom is -0.493 e. The van der Waals surface area contributed by atoms with E-state index in [1.807, 2.05) is 19.1 Å². The second-order valence-electron chi connectivity index (χ2n) is 9.96. The van der Waals surface area contributed by atoms with Gasteiger partial charge in [0, 0.05) is 0 Å². The Bertz CT molecular complexity index is 991. The molecule has 1 heterocycles. The van der Waals surface area contributed by atoms with Crippen LogP contribution in [-0.2, 0) is 16.0 Å². The Morgan fingerprint density at radius 3 is 2.29 bits per heavy atom. The van der Waals surface area contributed by atoms with Crippen LogP contribution in [0.5, 0.6) is 17.2 Å². The summed E-state index contributed by atoms with van der Waals surface area (Å²) in [5.41, 5.74) is 2.66. The van der Waals surface area contributed by atoms with Crippen LogP contribution in [0.25, 0.3) is 0 Å². The summed E-state index contributed by atoms with van der Waals surface area (Å²) in [4.78, 5) is 12.4. The lowest BCUT2D eigenvalue weighted by Gasteiger charge is -2.37. The van der Waals surface area contributed by atoms with E-state index in [1.54, 1.807) is 21.3 Å². The summed E-state index contributed by atoms with van der Waals surface area (Å²) in [7, 11) is 4.79. The number of aryl methyl sites for hydroxylation is 1. The van der Waals surface area contributed by atoms with E-state index in [1.165, 1.54) is 11.1 Å². The monoisotopic (exact) mass is 468 g/mol. The van der Waals surface area contributed by atoms with E-state index < -0.39 is 11.4 Å². The minimum absolute atomic E-state index is 0.0204. The Morgan fingerprint density at radius 1 is 1.09 bits per heavy atom. The summed E-state index contributed by atoms with van der Waals surface area (Å²) in [5.74, 6) is 1.28. The molecule has 0 aromatic heterocycles. The first-order valence-corrected chi connectivity index (χ1v) is 12.0. The van der Waals surface area contributed by atoms with Gasteiger partial charge in [0.15, 0.2) is 11.5 Å². The van der Waals surface area contributed by atoms with Crippen molar-refractivity contribution in [3.63, 3.8) is 0 Å². The molecule has 1 N–H and O–H groups in total. The molecule has 2 fully saturated rings. The number of carboxylic acids is 1. The SMILES string of the molecule is COc1cc([C@H]2OC[C@H](Cc3ccc(C)cc3)[C@H]2C2CCCC2(C)C(=O)O)cc(OC)c1OC. The first kappa shape index (κ1) is 24.4. The van der Waals surface area contributed by atoms with E-state index in [2.05, 4.69) is 31.2 Å². The fourth-order valence-corrected chi connectivity index (χ4v) is 6.12. The number of benzene rings is 2. The van der Waals surface area contributed by atoms with Gasteiger partial charge in [-0.1, -0.05) is 36.2 Å². The molecule has 2 unspecified atom stereocenters. The third kappa shape index (κ3) is 4.36. The normalized spacial score (nSPS) is 28.6. The number of hydrogen-bond donors (Lipinski definition) is 1. The van der Waals surface area contributed by atoms with E-state index >= 15 is 0 Å². The van der Waals surface area contributed by atoms with E-state index in [0.717, 1.165) is 24.8 Å². The predicted octanol–water partition coefficient (Wildman–Crippen LogP) is 5.46. The van der Waals surface area contributed by atoms with Gasteiger partial charge >= 0.3 is 5.97 Å². The number of methoxy groups -OCH3 is 3. The van der Waals surface area contributed by atoms with Gasteiger partial charge < -0.3 is 24.1 Å². The molecule has 0 amide bonds. The van der Waals surface area contributed by atoms with Crippen molar-refractivity contribution in [3.8, 4) is 17.2 Å². The number of carboxylic acid groups (broad SMARTS) is 1. The van der Waals surface area contributed by atoms with Gasteiger partial charge in [-0.3, -0.25) is 4.79 Å². The minimum atomic E-state index is -0.761. The van der Waals surface area contributed by atoms with Gasteiger partial charge in [0.25, 0.3) is 0 Å². The van der Waals surface area contributed by atoms with Crippen LogP contribution in [0.4, 0.5) is 0 Å². The Morgan fingerprint density at radius 2 is 1.74 bits per heavy atom. The molecule has 1 saturated carbocycles. The zero-order valence-electron chi connectivity index (χ0n) is 20.8. The number of rotatable bonds is 8. The molecule has 0 radical (unpaired) electrons. The first-order valence-electron chi connectivity index (χ1n) is 12.0. The smallest absolute Gasteiger partial charge is 0.309 e. The lowest BCUT2D eigenvalue weighted by Crippen LogP contribution is -2.39. The van der Waals surface area contributed by atoms with Crippen LogP contribution < -0.4 is 14.2 Å². The molecule has 2 aromatic carbocycles. The molecule has 4 rings (SSSR count). The second-order valence-corrected chi connectivity index (χ2v) is 9.96.